The van der Waals surface area contributed by atoms with Gasteiger partial charge in [-0.25, -0.2) is 0 Å². The Labute approximate surface area is 103 Å². The van der Waals surface area contributed by atoms with Crippen LogP contribution in [0.2, 0.25) is 0 Å². The van der Waals surface area contributed by atoms with Crippen molar-refractivity contribution >= 4 is 5.78 Å². The maximum atomic E-state index is 12.8. The Morgan fingerprint density at radius 1 is 1.28 bits per heavy atom. The lowest BCUT2D eigenvalue weighted by Crippen LogP contribution is -2.48. The van der Waals surface area contributed by atoms with Crippen LogP contribution in [0.15, 0.2) is 24.3 Å². The molecule has 5 heteroatoms. The maximum Gasteiger partial charge on any atom is 0.417 e. The van der Waals surface area contributed by atoms with Crippen molar-refractivity contribution < 1.29 is 18.0 Å². The summed E-state index contributed by atoms with van der Waals surface area (Å²) in [6.07, 6.45) is -2.18. The molecule has 2 N–H and O–H groups in total. The van der Waals surface area contributed by atoms with Crippen molar-refractivity contribution in [1.29, 1.82) is 0 Å². The van der Waals surface area contributed by atoms with Gasteiger partial charge in [-0.3, -0.25) is 4.79 Å². The number of hydrogen-bond donors (Lipinski definition) is 1. The highest BCUT2D eigenvalue weighted by molar-refractivity contribution is 5.98. The van der Waals surface area contributed by atoms with Crippen molar-refractivity contribution in [2.45, 2.75) is 37.4 Å². The summed E-state index contributed by atoms with van der Waals surface area (Å²) in [7, 11) is 0. The van der Waals surface area contributed by atoms with Crippen LogP contribution in [0.25, 0.3) is 0 Å². The molecule has 98 valence electrons. The fourth-order valence-electron chi connectivity index (χ4n) is 2.20. The van der Waals surface area contributed by atoms with Crippen LogP contribution in [-0.2, 0) is 6.18 Å². The van der Waals surface area contributed by atoms with Crippen molar-refractivity contribution in [3.63, 3.8) is 0 Å². The molecule has 0 aromatic heterocycles. The van der Waals surface area contributed by atoms with Gasteiger partial charge in [-0.2, -0.15) is 13.2 Å². The molecule has 1 aromatic carbocycles. The van der Waals surface area contributed by atoms with E-state index >= 15 is 0 Å². The third-order valence-corrected chi connectivity index (χ3v) is 3.39. The molecule has 0 unspecified atom stereocenters. The van der Waals surface area contributed by atoms with E-state index in [-0.39, 0.29) is 12.0 Å². The Hall–Kier alpha value is -1.36. The van der Waals surface area contributed by atoms with Crippen LogP contribution in [0.3, 0.4) is 0 Å². The number of Topliss-reactive ketones (excluding diaryl/α,β-unsaturated/α-hetero) is 1. The van der Waals surface area contributed by atoms with E-state index in [9.17, 15) is 18.0 Å². The summed E-state index contributed by atoms with van der Waals surface area (Å²) in [4.78, 5) is 11.9. The molecule has 0 radical (unpaired) electrons. The molecular weight excluding hydrogens is 243 g/mol. The molecule has 1 aliphatic carbocycles. The van der Waals surface area contributed by atoms with Crippen molar-refractivity contribution in [3.8, 4) is 0 Å². The predicted octanol–water partition coefficient (Wildman–Crippen LogP) is 3.16. The highest BCUT2D eigenvalue weighted by Crippen LogP contribution is 2.36. The number of nitrogens with two attached hydrogens (primary N) is 1. The standard InChI is InChI=1S/C13H14F3NO/c14-13(15,16)10-5-2-1-4-9(10)11(18)8-12(17)6-3-7-12/h1-2,4-5H,3,6-8,17H2. The molecule has 0 bridgehead atoms. The number of hydrogen-bond acceptors (Lipinski definition) is 2. The van der Waals surface area contributed by atoms with Gasteiger partial charge in [0.25, 0.3) is 0 Å². The summed E-state index contributed by atoms with van der Waals surface area (Å²) in [6.45, 7) is 0. The Bertz CT molecular complexity index is 464. The number of carbonyl (C=O) groups is 1. The minimum atomic E-state index is -4.51. The van der Waals surface area contributed by atoms with Crippen molar-refractivity contribution in [1.82, 2.24) is 0 Å². The van der Waals surface area contributed by atoms with Gasteiger partial charge in [0, 0.05) is 17.5 Å². The highest BCUT2D eigenvalue weighted by atomic mass is 19.4. The van der Waals surface area contributed by atoms with Crippen LogP contribution in [0.4, 0.5) is 13.2 Å². The number of ketones is 1. The lowest BCUT2D eigenvalue weighted by atomic mass is 9.73. The molecule has 0 amide bonds. The van der Waals surface area contributed by atoms with Gasteiger partial charge in [-0.1, -0.05) is 18.2 Å². The Morgan fingerprint density at radius 2 is 1.89 bits per heavy atom. The number of alkyl halides is 3. The van der Waals surface area contributed by atoms with E-state index in [1.165, 1.54) is 18.2 Å². The second-order valence-electron chi connectivity index (χ2n) is 4.86. The van der Waals surface area contributed by atoms with E-state index in [2.05, 4.69) is 0 Å². The molecule has 1 saturated carbocycles. The van der Waals surface area contributed by atoms with Crippen LogP contribution < -0.4 is 5.73 Å². The van der Waals surface area contributed by atoms with Gasteiger partial charge in [0.1, 0.15) is 0 Å². The molecule has 0 spiro atoms. The van der Waals surface area contributed by atoms with Gasteiger partial charge < -0.3 is 5.73 Å². The molecule has 0 saturated heterocycles. The minimum absolute atomic E-state index is 0.0138. The fourth-order valence-corrected chi connectivity index (χ4v) is 2.20. The third kappa shape index (κ3) is 2.56. The molecule has 1 aliphatic rings. The average molecular weight is 257 g/mol. The van der Waals surface area contributed by atoms with E-state index in [0.29, 0.717) is 12.8 Å². The molecule has 2 rings (SSSR count). The van der Waals surface area contributed by atoms with Gasteiger partial charge in [0.05, 0.1) is 5.56 Å². The molecular formula is C13H14F3NO. The molecule has 18 heavy (non-hydrogen) atoms. The minimum Gasteiger partial charge on any atom is -0.325 e. The van der Waals surface area contributed by atoms with Gasteiger partial charge in [0.15, 0.2) is 5.78 Å². The van der Waals surface area contributed by atoms with E-state index in [1.807, 2.05) is 0 Å². The van der Waals surface area contributed by atoms with E-state index in [0.717, 1.165) is 12.5 Å². The highest BCUT2D eigenvalue weighted by Gasteiger charge is 2.38. The molecule has 0 atom stereocenters. The van der Waals surface area contributed by atoms with Crippen molar-refractivity contribution in [3.05, 3.63) is 35.4 Å². The first-order valence-corrected chi connectivity index (χ1v) is 5.80. The normalized spacial score (nSPS) is 18.2. The quantitative estimate of drug-likeness (QED) is 0.845. The SMILES string of the molecule is NC1(CC(=O)c2ccccc2C(F)(F)F)CCC1. The van der Waals surface area contributed by atoms with Crippen molar-refractivity contribution in [2.75, 3.05) is 0 Å². The van der Waals surface area contributed by atoms with Gasteiger partial charge in [-0.15, -0.1) is 0 Å². The summed E-state index contributed by atoms with van der Waals surface area (Å²) in [5, 5.41) is 0. The first kappa shape index (κ1) is 13.1. The first-order chi connectivity index (χ1) is 8.32. The van der Waals surface area contributed by atoms with E-state index in [4.69, 9.17) is 5.73 Å². The van der Waals surface area contributed by atoms with Crippen LogP contribution in [0.1, 0.15) is 41.6 Å². The maximum absolute atomic E-state index is 12.8. The number of benzene rings is 1. The van der Waals surface area contributed by atoms with Crippen LogP contribution in [-0.4, -0.2) is 11.3 Å². The first-order valence-electron chi connectivity index (χ1n) is 5.80. The van der Waals surface area contributed by atoms with Gasteiger partial charge in [-0.05, 0) is 25.3 Å². The van der Waals surface area contributed by atoms with E-state index in [1.54, 1.807) is 0 Å². The summed E-state index contributed by atoms with van der Waals surface area (Å²) in [5.74, 6) is -0.523. The number of rotatable bonds is 3. The third-order valence-electron chi connectivity index (χ3n) is 3.39. The molecule has 0 aliphatic heterocycles. The summed E-state index contributed by atoms with van der Waals surface area (Å²) < 4.78 is 38.3. The molecule has 0 heterocycles. The number of carbonyl (C=O) groups excluding carboxylic acids is 1. The Kier molecular flexibility index (Phi) is 3.19. The largest absolute Gasteiger partial charge is 0.417 e. The van der Waals surface area contributed by atoms with Gasteiger partial charge in [0.2, 0.25) is 0 Å². The topological polar surface area (TPSA) is 43.1 Å². The van der Waals surface area contributed by atoms with Crippen molar-refractivity contribution in [2.24, 2.45) is 5.73 Å². The zero-order valence-corrected chi connectivity index (χ0v) is 9.76. The van der Waals surface area contributed by atoms with Crippen LogP contribution >= 0.6 is 0 Å². The summed E-state index contributed by atoms with van der Waals surface area (Å²) in [5.41, 5.74) is 4.14. The monoisotopic (exact) mass is 257 g/mol. The van der Waals surface area contributed by atoms with E-state index < -0.39 is 23.1 Å². The van der Waals surface area contributed by atoms with Gasteiger partial charge >= 0.3 is 6.18 Å². The zero-order valence-electron chi connectivity index (χ0n) is 9.76. The second kappa shape index (κ2) is 4.39. The molecule has 2 nitrogen and oxygen atoms in total. The second-order valence-corrected chi connectivity index (χ2v) is 4.86. The summed E-state index contributed by atoms with van der Waals surface area (Å²) in [6, 6.07) is 4.86. The Morgan fingerprint density at radius 3 is 2.39 bits per heavy atom. The molecule has 1 aromatic rings. The fraction of sp³-hybridized carbons (Fsp3) is 0.462. The smallest absolute Gasteiger partial charge is 0.325 e. The predicted molar refractivity (Wildman–Crippen MR) is 61.2 cm³/mol. The zero-order chi connectivity index (χ0) is 13.4. The average Bonchev–Trinajstić information content (AvgIpc) is 2.26. The summed E-state index contributed by atoms with van der Waals surface area (Å²) >= 11 is 0. The number of halogens is 3. The van der Waals surface area contributed by atoms with Crippen LogP contribution in [0, 0.1) is 0 Å². The Balaban J connectivity index is 2.25. The van der Waals surface area contributed by atoms with Crippen LogP contribution in [0.5, 0.6) is 0 Å². The lowest BCUT2D eigenvalue weighted by Gasteiger charge is -2.37. The molecule has 1 fully saturated rings. The lowest BCUT2D eigenvalue weighted by molar-refractivity contribution is -0.137.